The number of nitrogens with one attached hydrogen (secondary N) is 1. The minimum absolute atomic E-state index is 0.0370. The molecule has 1 aliphatic rings. The number of benzene rings is 1. The molecule has 25 heavy (non-hydrogen) atoms. The van der Waals surface area contributed by atoms with Gasteiger partial charge in [0, 0.05) is 18.2 Å². The van der Waals surface area contributed by atoms with Gasteiger partial charge in [-0.3, -0.25) is 10.4 Å². The van der Waals surface area contributed by atoms with E-state index in [1.165, 1.54) is 11.8 Å². The highest BCUT2D eigenvalue weighted by Gasteiger charge is 2.19. The molecule has 1 N–H and O–H groups in total. The maximum atomic E-state index is 12.4. The highest BCUT2D eigenvalue weighted by atomic mass is 32.2. The third-order valence-electron chi connectivity index (χ3n) is 3.63. The summed E-state index contributed by atoms with van der Waals surface area (Å²) in [5, 5.41) is 5.78. The summed E-state index contributed by atoms with van der Waals surface area (Å²) < 4.78 is 15.7. The highest BCUT2D eigenvalue weighted by molar-refractivity contribution is 8.14. The first-order valence-electron chi connectivity index (χ1n) is 7.75. The fourth-order valence-electron chi connectivity index (χ4n) is 2.48. The molecule has 2 heterocycles. The standard InChI is InChI=1S/C17H19N3O4S/c1-10(8-22-2)18-17-20-19-13(9-25-17)12-7-11-5-4-6-14(23-3)15(11)24-16(12)21/h4-7,10H,8-9H2,1-3H3,(H,18,20)/t10-/m0/s1. The van der Waals surface area contributed by atoms with E-state index in [0.29, 0.717) is 40.1 Å². The normalized spacial score (nSPS) is 17.2. The molecule has 0 amide bonds. The van der Waals surface area contributed by atoms with E-state index in [1.54, 1.807) is 26.4 Å². The second-order valence-corrected chi connectivity index (χ2v) is 6.49. The molecule has 7 nitrogen and oxygen atoms in total. The first kappa shape index (κ1) is 17.5. The number of nitrogens with zero attached hydrogens (tertiary/aromatic N) is 2. The van der Waals surface area contributed by atoms with Gasteiger partial charge < -0.3 is 13.9 Å². The molecule has 0 saturated heterocycles. The van der Waals surface area contributed by atoms with E-state index in [2.05, 4.69) is 15.5 Å². The predicted octanol–water partition coefficient (Wildman–Crippen LogP) is 2.23. The largest absolute Gasteiger partial charge is 0.493 e. The Balaban J connectivity index is 1.89. The van der Waals surface area contributed by atoms with Gasteiger partial charge in [-0.15, -0.1) is 0 Å². The average Bonchev–Trinajstić information content (AvgIpc) is 2.61. The van der Waals surface area contributed by atoms with Crippen LogP contribution in [0, 0.1) is 0 Å². The quantitative estimate of drug-likeness (QED) is 0.822. The van der Waals surface area contributed by atoms with Gasteiger partial charge in [-0.1, -0.05) is 23.9 Å². The van der Waals surface area contributed by atoms with Gasteiger partial charge in [0.15, 0.2) is 16.5 Å². The van der Waals surface area contributed by atoms with Crippen LogP contribution in [0.15, 0.2) is 43.6 Å². The van der Waals surface area contributed by atoms with Crippen molar-refractivity contribution in [2.45, 2.75) is 13.0 Å². The van der Waals surface area contributed by atoms with Crippen molar-refractivity contribution in [3.8, 4) is 5.75 Å². The molecule has 0 radical (unpaired) electrons. The second kappa shape index (κ2) is 7.71. The van der Waals surface area contributed by atoms with E-state index in [1.807, 2.05) is 19.1 Å². The number of hydrogen-bond acceptors (Lipinski definition) is 7. The van der Waals surface area contributed by atoms with Crippen LogP contribution in [-0.2, 0) is 4.74 Å². The summed E-state index contributed by atoms with van der Waals surface area (Å²) in [4.78, 5) is 16.8. The Morgan fingerprint density at radius 1 is 1.44 bits per heavy atom. The summed E-state index contributed by atoms with van der Waals surface area (Å²) >= 11 is 1.49. The van der Waals surface area contributed by atoms with Crippen molar-refractivity contribution in [2.75, 3.05) is 26.6 Å². The van der Waals surface area contributed by atoms with Gasteiger partial charge in [-0.2, -0.15) is 5.10 Å². The van der Waals surface area contributed by atoms with Crippen LogP contribution in [0.2, 0.25) is 0 Å². The number of rotatable bonds is 5. The lowest BCUT2D eigenvalue weighted by Crippen LogP contribution is -2.29. The SMILES string of the molecule is COC[C@H](C)N=C1NN=C(c2cc3cccc(OC)c3oc2=O)CS1. The fraction of sp³-hybridized carbons (Fsp3) is 0.353. The highest BCUT2D eigenvalue weighted by Crippen LogP contribution is 2.25. The van der Waals surface area contributed by atoms with Crippen LogP contribution in [-0.4, -0.2) is 43.5 Å². The predicted molar refractivity (Wildman–Crippen MR) is 99.9 cm³/mol. The van der Waals surface area contributed by atoms with E-state index in [0.717, 1.165) is 5.39 Å². The number of methoxy groups -OCH3 is 2. The van der Waals surface area contributed by atoms with E-state index in [-0.39, 0.29) is 6.04 Å². The van der Waals surface area contributed by atoms with E-state index < -0.39 is 5.63 Å². The average molecular weight is 361 g/mol. The number of fused-ring (bicyclic) bond motifs is 1. The van der Waals surface area contributed by atoms with Crippen LogP contribution in [0.3, 0.4) is 0 Å². The topological polar surface area (TPSA) is 85.4 Å². The Morgan fingerprint density at radius 3 is 2.96 bits per heavy atom. The monoisotopic (exact) mass is 361 g/mol. The molecular weight excluding hydrogens is 342 g/mol. The molecule has 1 aromatic heterocycles. The van der Waals surface area contributed by atoms with E-state index in [9.17, 15) is 4.79 Å². The number of aliphatic imine (C=N–C) groups is 1. The summed E-state index contributed by atoms with van der Waals surface area (Å²) in [6.45, 7) is 2.50. The van der Waals surface area contributed by atoms with Crippen molar-refractivity contribution in [2.24, 2.45) is 10.1 Å². The molecule has 8 heteroatoms. The lowest BCUT2D eigenvalue weighted by molar-refractivity contribution is 0.186. The van der Waals surface area contributed by atoms with Crippen molar-refractivity contribution in [1.29, 1.82) is 0 Å². The Hall–Kier alpha value is -2.32. The van der Waals surface area contributed by atoms with Gasteiger partial charge in [0.25, 0.3) is 0 Å². The molecule has 0 fully saturated rings. The lowest BCUT2D eigenvalue weighted by Gasteiger charge is -2.16. The Labute approximate surface area is 149 Å². The molecule has 0 bridgehead atoms. The number of amidine groups is 1. The molecule has 0 unspecified atom stereocenters. The first-order chi connectivity index (χ1) is 12.1. The third-order valence-corrected chi connectivity index (χ3v) is 4.52. The zero-order valence-corrected chi connectivity index (χ0v) is 15.1. The van der Waals surface area contributed by atoms with Gasteiger partial charge in [0.1, 0.15) is 0 Å². The van der Waals surface area contributed by atoms with Crippen LogP contribution in [0.4, 0.5) is 0 Å². The Kier molecular flexibility index (Phi) is 5.40. The Morgan fingerprint density at radius 2 is 2.28 bits per heavy atom. The molecule has 0 saturated carbocycles. The second-order valence-electron chi connectivity index (χ2n) is 5.52. The molecule has 1 atom stereocenters. The van der Waals surface area contributed by atoms with Crippen LogP contribution < -0.4 is 15.8 Å². The van der Waals surface area contributed by atoms with E-state index >= 15 is 0 Å². The summed E-state index contributed by atoms with van der Waals surface area (Å²) in [6.07, 6.45) is 0. The number of ether oxygens (including phenoxy) is 2. The van der Waals surface area contributed by atoms with E-state index in [4.69, 9.17) is 13.9 Å². The number of hydrogen-bond donors (Lipinski definition) is 1. The summed E-state index contributed by atoms with van der Waals surface area (Å²) in [7, 11) is 3.18. The summed E-state index contributed by atoms with van der Waals surface area (Å²) in [5.41, 5.74) is 3.95. The molecule has 0 aliphatic carbocycles. The summed E-state index contributed by atoms with van der Waals surface area (Å²) in [5.74, 6) is 1.06. The molecule has 3 rings (SSSR count). The zero-order valence-electron chi connectivity index (χ0n) is 14.2. The van der Waals surface area contributed by atoms with Crippen LogP contribution in [0.1, 0.15) is 12.5 Å². The fourth-order valence-corrected chi connectivity index (χ4v) is 3.34. The first-order valence-corrected chi connectivity index (χ1v) is 8.74. The number of para-hydroxylation sites is 1. The molecule has 132 valence electrons. The van der Waals surface area contributed by atoms with Crippen molar-refractivity contribution < 1.29 is 13.9 Å². The van der Waals surface area contributed by atoms with Crippen LogP contribution in [0.5, 0.6) is 5.75 Å². The zero-order chi connectivity index (χ0) is 17.8. The molecular formula is C17H19N3O4S. The Bertz CT molecular complexity index is 891. The molecule has 1 aliphatic heterocycles. The van der Waals surface area contributed by atoms with Gasteiger partial charge in [-0.25, -0.2) is 4.79 Å². The van der Waals surface area contributed by atoms with Crippen LogP contribution in [0.25, 0.3) is 11.0 Å². The van der Waals surface area contributed by atoms with Crippen LogP contribution >= 0.6 is 11.8 Å². The summed E-state index contributed by atoms with van der Waals surface area (Å²) in [6, 6.07) is 7.29. The minimum Gasteiger partial charge on any atom is -0.493 e. The van der Waals surface area contributed by atoms with Gasteiger partial charge in [-0.05, 0) is 19.1 Å². The van der Waals surface area contributed by atoms with Crippen molar-refractivity contribution in [1.82, 2.24) is 5.43 Å². The maximum absolute atomic E-state index is 12.4. The minimum atomic E-state index is -0.439. The van der Waals surface area contributed by atoms with Gasteiger partial charge in [0.2, 0.25) is 0 Å². The lowest BCUT2D eigenvalue weighted by atomic mass is 10.1. The van der Waals surface area contributed by atoms with Gasteiger partial charge >= 0.3 is 5.63 Å². The molecule has 0 spiro atoms. The molecule has 1 aromatic carbocycles. The van der Waals surface area contributed by atoms with Gasteiger partial charge in [0.05, 0.1) is 31.0 Å². The number of thioether (sulfide) groups is 1. The van der Waals surface area contributed by atoms with Crippen molar-refractivity contribution >= 4 is 33.6 Å². The van der Waals surface area contributed by atoms with Crippen molar-refractivity contribution in [3.63, 3.8) is 0 Å². The number of hydrazone groups is 1. The van der Waals surface area contributed by atoms with Crippen molar-refractivity contribution in [3.05, 3.63) is 40.2 Å². The maximum Gasteiger partial charge on any atom is 0.345 e. The third kappa shape index (κ3) is 3.85. The smallest absolute Gasteiger partial charge is 0.345 e. The molecule has 2 aromatic rings.